The third-order valence-electron chi connectivity index (χ3n) is 4.71. The van der Waals surface area contributed by atoms with Gasteiger partial charge in [0.25, 0.3) is 11.6 Å². The van der Waals surface area contributed by atoms with Gasteiger partial charge in [-0.25, -0.2) is 9.97 Å². The van der Waals surface area contributed by atoms with Gasteiger partial charge in [-0.05, 0) is 25.0 Å². The fourth-order valence-electron chi connectivity index (χ4n) is 3.42. The van der Waals surface area contributed by atoms with Gasteiger partial charge in [-0.1, -0.05) is 12.1 Å². The van der Waals surface area contributed by atoms with Gasteiger partial charge in [0, 0.05) is 25.1 Å². The van der Waals surface area contributed by atoms with Gasteiger partial charge in [-0.15, -0.1) is 11.3 Å². The normalized spacial score (nSPS) is 17.2. The van der Waals surface area contributed by atoms with Crippen molar-refractivity contribution in [2.24, 2.45) is 5.73 Å². The number of carbonyl (C=O) groups excluding carboxylic acids is 1. The van der Waals surface area contributed by atoms with Crippen molar-refractivity contribution >= 4 is 39.0 Å². The number of para-hydroxylation sites is 1. The van der Waals surface area contributed by atoms with Crippen LogP contribution in [-0.4, -0.2) is 33.9 Å². The number of anilines is 1. The van der Waals surface area contributed by atoms with Crippen LogP contribution in [0.1, 0.15) is 34.1 Å². The lowest BCUT2D eigenvalue weighted by atomic mass is 9.98. The first-order valence-corrected chi connectivity index (χ1v) is 9.39. The molecule has 1 saturated heterocycles. The Morgan fingerprint density at radius 3 is 2.93 bits per heavy atom. The number of primary amides is 1. The summed E-state index contributed by atoms with van der Waals surface area (Å²) in [5.41, 5.74) is 6.27. The molecule has 3 aromatic rings. The average molecular weight is 383 g/mol. The van der Waals surface area contributed by atoms with Gasteiger partial charge in [0.1, 0.15) is 12.0 Å². The summed E-state index contributed by atoms with van der Waals surface area (Å²) in [7, 11) is 0. The van der Waals surface area contributed by atoms with Crippen LogP contribution in [0.4, 0.5) is 11.5 Å². The number of piperidine rings is 1. The molecule has 0 bridgehead atoms. The maximum absolute atomic E-state index is 11.8. The molecule has 2 N–H and O–H groups in total. The van der Waals surface area contributed by atoms with E-state index in [0.717, 1.165) is 28.1 Å². The standard InChI is InChI=1S/C18H17N5O3S/c19-16(24)13-8-12(23(25)26)9-20-17(13)22-7-3-4-11(10-22)18-21-14-5-1-2-6-15(14)27-18/h1-2,5-6,8-9,11H,3-4,7,10H2,(H2,19,24). The van der Waals surface area contributed by atoms with Gasteiger partial charge < -0.3 is 10.6 Å². The number of nitrogens with two attached hydrogens (primary N) is 1. The SMILES string of the molecule is NC(=O)c1cc([N+](=O)[O-])cnc1N1CCCC(c2nc3ccccc3s2)C1. The van der Waals surface area contributed by atoms with Gasteiger partial charge in [0.2, 0.25) is 0 Å². The second-order valence-corrected chi connectivity index (χ2v) is 7.55. The Balaban J connectivity index is 1.65. The van der Waals surface area contributed by atoms with Crippen molar-refractivity contribution in [3.8, 4) is 0 Å². The van der Waals surface area contributed by atoms with Gasteiger partial charge in [-0.3, -0.25) is 14.9 Å². The quantitative estimate of drug-likeness (QED) is 0.547. The number of nitrogens with zero attached hydrogens (tertiary/aromatic N) is 4. The molecule has 0 aliphatic carbocycles. The molecule has 0 saturated carbocycles. The number of thiazole rings is 1. The molecule has 1 aliphatic heterocycles. The summed E-state index contributed by atoms with van der Waals surface area (Å²) in [6, 6.07) is 9.22. The van der Waals surface area contributed by atoms with Crippen molar-refractivity contribution in [3.63, 3.8) is 0 Å². The monoisotopic (exact) mass is 383 g/mol. The van der Waals surface area contributed by atoms with Crippen LogP contribution >= 0.6 is 11.3 Å². The van der Waals surface area contributed by atoms with E-state index in [1.807, 2.05) is 23.1 Å². The smallest absolute Gasteiger partial charge is 0.288 e. The van der Waals surface area contributed by atoms with E-state index in [0.29, 0.717) is 18.9 Å². The van der Waals surface area contributed by atoms with Crippen LogP contribution in [0.25, 0.3) is 10.2 Å². The highest BCUT2D eigenvalue weighted by Gasteiger charge is 2.28. The molecule has 1 aliphatic rings. The summed E-state index contributed by atoms with van der Waals surface area (Å²) < 4.78 is 1.15. The summed E-state index contributed by atoms with van der Waals surface area (Å²) in [4.78, 5) is 33.1. The predicted octanol–water partition coefficient (Wildman–Crippen LogP) is 3.08. The van der Waals surface area contributed by atoms with Crippen molar-refractivity contribution in [2.75, 3.05) is 18.0 Å². The number of fused-ring (bicyclic) bond motifs is 1. The molecule has 1 aromatic carbocycles. The molecule has 0 radical (unpaired) electrons. The molecule has 2 aromatic heterocycles. The Kier molecular flexibility index (Phi) is 4.44. The molecular formula is C18H17N5O3S. The molecule has 1 fully saturated rings. The van der Waals surface area contributed by atoms with E-state index in [2.05, 4.69) is 11.1 Å². The van der Waals surface area contributed by atoms with Crippen molar-refractivity contribution in [1.29, 1.82) is 0 Å². The second-order valence-electron chi connectivity index (χ2n) is 6.49. The Bertz CT molecular complexity index is 1000. The molecule has 9 heteroatoms. The highest BCUT2D eigenvalue weighted by atomic mass is 32.1. The molecule has 138 valence electrons. The predicted molar refractivity (Wildman–Crippen MR) is 103 cm³/mol. The van der Waals surface area contributed by atoms with Crippen LogP contribution in [-0.2, 0) is 0 Å². The zero-order chi connectivity index (χ0) is 19.0. The summed E-state index contributed by atoms with van der Waals surface area (Å²) in [6.45, 7) is 1.36. The lowest BCUT2D eigenvalue weighted by Crippen LogP contribution is -2.36. The lowest BCUT2D eigenvalue weighted by molar-refractivity contribution is -0.385. The minimum atomic E-state index is -0.719. The largest absolute Gasteiger partial charge is 0.365 e. The lowest BCUT2D eigenvalue weighted by Gasteiger charge is -2.33. The van der Waals surface area contributed by atoms with Crippen LogP contribution < -0.4 is 10.6 Å². The first-order chi connectivity index (χ1) is 13.0. The minimum absolute atomic E-state index is 0.0779. The third kappa shape index (κ3) is 3.33. The zero-order valence-corrected chi connectivity index (χ0v) is 15.2. The average Bonchev–Trinajstić information content (AvgIpc) is 3.12. The van der Waals surface area contributed by atoms with E-state index in [-0.39, 0.29) is 17.2 Å². The van der Waals surface area contributed by atoms with E-state index < -0.39 is 10.8 Å². The Morgan fingerprint density at radius 1 is 1.37 bits per heavy atom. The van der Waals surface area contributed by atoms with Gasteiger partial charge >= 0.3 is 0 Å². The zero-order valence-electron chi connectivity index (χ0n) is 14.4. The number of aromatic nitrogens is 2. The molecule has 27 heavy (non-hydrogen) atoms. The molecule has 4 rings (SSSR count). The number of nitro groups is 1. The van der Waals surface area contributed by atoms with Crippen molar-refractivity contribution in [2.45, 2.75) is 18.8 Å². The van der Waals surface area contributed by atoms with Crippen molar-refractivity contribution in [3.05, 3.63) is 57.2 Å². The molecule has 1 amide bonds. The van der Waals surface area contributed by atoms with Crippen LogP contribution in [0, 0.1) is 10.1 Å². The number of benzene rings is 1. The molecule has 0 spiro atoms. The molecule has 8 nitrogen and oxygen atoms in total. The second kappa shape index (κ2) is 6.92. The first-order valence-electron chi connectivity index (χ1n) is 8.57. The topological polar surface area (TPSA) is 115 Å². The molecule has 1 atom stereocenters. The van der Waals surface area contributed by atoms with E-state index in [1.165, 1.54) is 12.3 Å². The number of amides is 1. The Hall–Kier alpha value is -3.07. The van der Waals surface area contributed by atoms with Crippen molar-refractivity contribution in [1.82, 2.24) is 9.97 Å². The number of rotatable bonds is 4. The summed E-state index contributed by atoms with van der Waals surface area (Å²) >= 11 is 1.68. The Morgan fingerprint density at radius 2 is 2.19 bits per heavy atom. The van der Waals surface area contributed by atoms with Crippen LogP contribution in [0.5, 0.6) is 0 Å². The third-order valence-corrected chi connectivity index (χ3v) is 5.91. The van der Waals surface area contributed by atoms with E-state index in [4.69, 9.17) is 10.7 Å². The van der Waals surface area contributed by atoms with Crippen LogP contribution in [0.2, 0.25) is 0 Å². The summed E-state index contributed by atoms with van der Waals surface area (Å²) in [6.07, 6.45) is 3.08. The molecular weight excluding hydrogens is 366 g/mol. The van der Waals surface area contributed by atoms with E-state index >= 15 is 0 Å². The first kappa shape index (κ1) is 17.3. The number of carbonyl (C=O) groups is 1. The van der Waals surface area contributed by atoms with E-state index in [1.54, 1.807) is 11.3 Å². The molecule has 1 unspecified atom stereocenters. The summed E-state index contributed by atoms with van der Waals surface area (Å²) in [5.74, 6) is -0.101. The Labute approximate surface area is 158 Å². The van der Waals surface area contributed by atoms with Gasteiger partial charge in [-0.2, -0.15) is 0 Å². The fourth-order valence-corrected chi connectivity index (χ4v) is 4.51. The van der Waals surface area contributed by atoms with Crippen molar-refractivity contribution < 1.29 is 9.72 Å². The number of hydrogen-bond acceptors (Lipinski definition) is 7. The number of pyridine rings is 1. The van der Waals surface area contributed by atoms with E-state index in [9.17, 15) is 14.9 Å². The maximum Gasteiger partial charge on any atom is 0.288 e. The van der Waals surface area contributed by atoms with Gasteiger partial charge in [0.15, 0.2) is 0 Å². The van der Waals surface area contributed by atoms with Crippen LogP contribution in [0.15, 0.2) is 36.5 Å². The minimum Gasteiger partial charge on any atom is -0.365 e. The highest BCUT2D eigenvalue weighted by molar-refractivity contribution is 7.18. The van der Waals surface area contributed by atoms with Crippen LogP contribution in [0.3, 0.4) is 0 Å². The summed E-state index contributed by atoms with van der Waals surface area (Å²) in [5, 5.41) is 12.0. The number of hydrogen-bond donors (Lipinski definition) is 1. The maximum atomic E-state index is 11.8. The molecule has 3 heterocycles. The van der Waals surface area contributed by atoms with Gasteiger partial charge in [0.05, 0.1) is 25.7 Å². The highest BCUT2D eigenvalue weighted by Crippen LogP contribution is 2.35. The fraction of sp³-hybridized carbons (Fsp3) is 0.278.